The number of rotatable bonds is 4. The van der Waals surface area contributed by atoms with Crippen LogP contribution < -0.4 is 10.2 Å². The van der Waals surface area contributed by atoms with Crippen LogP contribution in [0.4, 0.5) is 5.69 Å². The molecule has 1 N–H and O–H groups in total. The van der Waals surface area contributed by atoms with Crippen molar-refractivity contribution in [3.8, 4) is 0 Å². The molecule has 0 aromatic heterocycles. The second-order valence-corrected chi connectivity index (χ2v) is 5.62. The van der Waals surface area contributed by atoms with E-state index in [-0.39, 0.29) is 11.3 Å². The van der Waals surface area contributed by atoms with E-state index in [1.165, 1.54) is 0 Å². The minimum atomic E-state index is -0.244. The largest absolute Gasteiger partial charge is 0.316 e. The normalized spacial score (nSPS) is 22.7. The zero-order chi connectivity index (χ0) is 13.9. The minimum Gasteiger partial charge on any atom is -0.316 e. The maximum atomic E-state index is 13.0. The van der Waals surface area contributed by atoms with Gasteiger partial charge in [-0.2, -0.15) is 0 Å². The molecule has 1 aliphatic rings. The first-order valence-electron chi connectivity index (χ1n) is 7.19. The van der Waals surface area contributed by atoms with Crippen molar-refractivity contribution >= 4 is 11.6 Å². The molecule has 104 valence electrons. The monoisotopic (exact) mass is 260 g/mol. The van der Waals surface area contributed by atoms with Gasteiger partial charge in [0.1, 0.15) is 0 Å². The number of carbonyl (C=O) groups excluding carboxylic acids is 1. The predicted molar refractivity (Wildman–Crippen MR) is 79.2 cm³/mol. The quantitative estimate of drug-likeness (QED) is 0.902. The van der Waals surface area contributed by atoms with E-state index in [0.29, 0.717) is 5.92 Å². The first-order chi connectivity index (χ1) is 9.12. The highest BCUT2D eigenvalue weighted by Crippen LogP contribution is 2.37. The Morgan fingerprint density at radius 1 is 1.37 bits per heavy atom. The second-order valence-electron chi connectivity index (χ2n) is 5.62. The van der Waals surface area contributed by atoms with Crippen LogP contribution in [0.3, 0.4) is 0 Å². The van der Waals surface area contributed by atoms with Gasteiger partial charge in [0, 0.05) is 18.8 Å². The summed E-state index contributed by atoms with van der Waals surface area (Å²) in [6.45, 7) is 8.81. The molecule has 19 heavy (non-hydrogen) atoms. The van der Waals surface area contributed by atoms with Gasteiger partial charge in [-0.25, -0.2) is 0 Å². The summed E-state index contributed by atoms with van der Waals surface area (Å²) in [6.07, 6.45) is 0.937. The van der Waals surface area contributed by atoms with E-state index in [4.69, 9.17) is 0 Å². The number of nitrogens with one attached hydrogen (secondary N) is 1. The first kappa shape index (κ1) is 14.1. The Bertz CT molecular complexity index is 422. The number of carbonyl (C=O) groups is 1. The summed E-state index contributed by atoms with van der Waals surface area (Å²) in [5.41, 5.74) is 0.758. The van der Waals surface area contributed by atoms with Gasteiger partial charge in [0.2, 0.25) is 5.91 Å². The van der Waals surface area contributed by atoms with Crippen molar-refractivity contribution in [1.29, 1.82) is 0 Å². The summed E-state index contributed by atoms with van der Waals surface area (Å²) in [5.74, 6) is 0.619. The Labute approximate surface area is 116 Å². The second kappa shape index (κ2) is 5.74. The van der Waals surface area contributed by atoms with Crippen molar-refractivity contribution in [2.75, 3.05) is 24.5 Å². The van der Waals surface area contributed by atoms with Crippen molar-refractivity contribution < 1.29 is 4.79 Å². The maximum Gasteiger partial charge on any atom is 0.234 e. The summed E-state index contributed by atoms with van der Waals surface area (Å²) in [6, 6.07) is 9.98. The third-order valence-electron chi connectivity index (χ3n) is 4.35. The van der Waals surface area contributed by atoms with Gasteiger partial charge >= 0.3 is 0 Å². The van der Waals surface area contributed by atoms with Gasteiger partial charge in [-0.3, -0.25) is 4.79 Å². The number of amides is 1. The molecule has 1 atom stereocenters. The molecule has 1 amide bonds. The van der Waals surface area contributed by atoms with Crippen LogP contribution in [0.15, 0.2) is 30.3 Å². The van der Waals surface area contributed by atoms with E-state index in [1.54, 1.807) is 0 Å². The average Bonchev–Trinajstić information content (AvgIpc) is 2.91. The van der Waals surface area contributed by atoms with Gasteiger partial charge in [0.15, 0.2) is 0 Å². The van der Waals surface area contributed by atoms with E-state index < -0.39 is 0 Å². The summed E-state index contributed by atoms with van der Waals surface area (Å²) in [7, 11) is 0. The third-order valence-corrected chi connectivity index (χ3v) is 4.35. The molecule has 0 radical (unpaired) electrons. The molecule has 1 aliphatic heterocycles. The molecule has 0 bridgehead atoms. The lowest BCUT2D eigenvalue weighted by Gasteiger charge is -2.36. The zero-order valence-corrected chi connectivity index (χ0v) is 12.1. The molecule has 1 fully saturated rings. The number of benzene rings is 1. The van der Waals surface area contributed by atoms with Gasteiger partial charge in [-0.1, -0.05) is 32.0 Å². The standard InChI is InChI=1S/C16H24N2O/c1-4-18(14-8-6-5-7-9-14)15(19)16(13(2)3)10-11-17-12-16/h5-9,13,17H,4,10-12H2,1-3H3. The van der Waals surface area contributed by atoms with Crippen LogP contribution in [0.1, 0.15) is 27.2 Å². The van der Waals surface area contributed by atoms with E-state index >= 15 is 0 Å². The van der Waals surface area contributed by atoms with Crippen molar-refractivity contribution in [2.24, 2.45) is 11.3 Å². The predicted octanol–water partition coefficient (Wildman–Crippen LogP) is 2.68. The number of hydrogen-bond donors (Lipinski definition) is 1. The lowest BCUT2D eigenvalue weighted by Crippen LogP contribution is -2.48. The Morgan fingerprint density at radius 2 is 2.05 bits per heavy atom. The Kier molecular flexibility index (Phi) is 4.25. The lowest BCUT2D eigenvalue weighted by atomic mass is 9.75. The molecule has 1 heterocycles. The molecule has 3 heteroatoms. The highest BCUT2D eigenvalue weighted by Gasteiger charge is 2.45. The Hall–Kier alpha value is -1.35. The molecule has 1 saturated heterocycles. The van der Waals surface area contributed by atoms with E-state index in [0.717, 1.165) is 31.7 Å². The molecule has 1 aromatic rings. The van der Waals surface area contributed by atoms with Crippen LogP contribution in [0.5, 0.6) is 0 Å². The van der Waals surface area contributed by atoms with Crippen molar-refractivity contribution in [3.05, 3.63) is 30.3 Å². The molecular weight excluding hydrogens is 236 g/mol. The molecule has 0 aliphatic carbocycles. The molecular formula is C16H24N2O. The fraction of sp³-hybridized carbons (Fsp3) is 0.562. The summed E-state index contributed by atoms with van der Waals surface area (Å²) in [5, 5.41) is 3.36. The Balaban J connectivity index is 2.30. The van der Waals surface area contributed by atoms with Crippen molar-refractivity contribution in [2.45, 2.75) is 27.2 Å². The first-order valence-corrected chi connectivity index (χ1v) is 7.19. The van der Waals surface area contributed by atoms with Gasteiger partial charge < -0.3 is 10.2 Å². The molecule has 2 rings (SSSR count). The van der Waals surface area contributed by atoms with E-state index in [2.05, 4.69) is 19.2 Å². The molecule has 3 nitrogen and oxygen atoms in total. The highest BCUT2D eigenvalue weighted by atomic mass is 16.2. The number of nitrogens with zero attached hydrogens (tertiary/aromatic N) is 1. The fourth-order valence-corrected chi connectivity index (χ4v) is 2.95. The lowest BCUT2D eigenvalue weighted by molar-refractivity contribution is -0.129. The van der Waals surface area contributed by atoms with E-state index in [9.17, 15) is 4.79 Å². The zero-order valence-electron chi connectivity index (χ0n) is 12.1. The number of anilines is 1. The number of para-hydroxylation sites is 1. The van der Waals surface area contributed by atoms with Gasteiger partial charge in [-0.15, -0.1) is 0 Å². The van der Waals surface area contributed by atoms with Crippen LogP contribution in [0.2, 0.25) is 0 Å². The topological polar surface area (TPSA) is 32.3 Å². The molecule has 0 saturated carbocycles. The van der Waals surface area contributed by atoms with Crippen LogP contribution in [-0.2, 0) is 4.79 Å². The summed E-state index contributed by atoms with van der Waals surface area (Å²) in [4.78, 5) is 14.9. The maximum absolute atomic E-state index is 13.0. The van der Waals surface area contributed by atoms with E-state index in [1.807, 2.05) is 42.2 Å². The highest BCUT2D eigenvalue weighted by molar-refractivity contribution is 5.98. The number of hydrogen-bond acceptors (Lipinski definition) is 2. The molecule has 0 spiro atoms. The van der Waals surface area contributed by atoms with Crippen LogP contribution in [0.25, 0.3) is 0 Å². The van der Waals surface area contributed by atoms with Crippen molar-refractivity contribution in [1.82, 2.24) is 5.32 Å². The van der Waals surface area contributed by atoms with Crippen LogP contribution in [-0.4, -0.2) is 25.5 Å². The minimum absolute atomic E-state index is 0.244. The average molecular weight is 260 g/mol. The van der Waals surface area contributed by atoms with Crippen LogP contribution >= 0.6 is 0 Å². The summed E-state index contributed by atoms with van der Waals surface area (Å²) >= 11 is 0. The SMILES string of the molecule is CCN(C(=O)C1(C(C)C)CCNC1)c1ccccc1. The molecule has 1 unspecified atom stereocenters. The smallest absolute Gasteiger partial charge is 0.234 e. The fourth-order valence-electron chi connectivity index (χ4n) is 2.95. The Morgan fingerprint density at radius 3 is 2.53 bits per heavy atom. The van der Waals surface area contributed by atoms with Gasteiger partial charge in [-0.05, 0) is 37.9 Å². The van der Waals surface area contributed by atoms with Gasteiger partial charge in [0.05, 0.1) is 5.41 Å². The van der Waals surface area contributed by atoms with Crippen molar-refractivity contribution in [3.63, 3.8) is 0 Å². The summed E-state index contributed by atoms with van der Waals surface area (Å²) < 4.78 is 0. The third kappa shape index (κ3) is 2.52. The molecule has 1 aromatic carbocycles. The van der Waals surface area contributed by atoms with Gasteiger partial charge in [0.25, 0.3) is 0 Å². The van der Waals surface area contributed by atoms with Crippen LogP contribution in [0, 0.1) is 11.3 Å².